The van der Waals surface area contributed by atoms with Crippen molar-refractivity contribution in [2.45, 2.75) is 20.8 Å². The second kappa shape index (κ2) is 6.06. The van der Waals surface area contributed by atoms with Crippen LogP contribution in [0.25, 0.3) is 0 Å². The van der Waals surface area contributed by atoms with Crippen LogP contribution in [0.1, 0.15) is 20.8 Å². The molecule has 0 radical (unpaired) electrons. The Bertz CT molecular complexity index is 282. The molecule has 1 amide bonds. The van der Waals surface area contributed by atoms with Crippen LogP contribution in [0.3, 0.4) is 0 Å². The normalized spacial score (nSPS) is 11.5. The standard InChI is InChI=1S/C10H18N2O3/c1-6-15-10(14)9(11-8(3)13)7(2)12(4)5/h6H2,1-5H3,(H,11,13). The highest BCUT2D eigenvalue weighted by Crippen LogP contribution is 2.05. The molecule has 0 aliphatic carbocycles. The molecule has 1 N–H and O–H groups in total. The van der Waals surface area contributed by atoms with E-state index in [0.717, 1.165) is 0 Å². The first-order valence-corrected chi connectivity index (χ1v) is 4.73. The minimum atomic E-state index is -0.515. The SMILES string of the molecule is CCOC(=O)C(NC(C)=O)=C(C)N(C)C. The Balaban J connectivity index is 4.95. The zero-order chi connectivity index (χ0) is 12.0. The average Bonchev–Trinajstić information content (AvgIpc) is 2.13. The molecule has 0 aliphatic heterocycles. The molecule has 0 spiro atoms. The van der Waals surface area contributed by atoms with Gasteiger partial charge in [0.15, 0.2) is 0 Å². The van der Waals surface area contributed by atoms with Crippen molar-refractivity contribution in [3.8, 4) is 0 Å². The fraction of sp³-hybridized carbons (Fsp3) is 0.600. The van der Waals surface area contributed by atoms with Gasteiger partial charge in [-0.3, -0.25) is 4.79 Å². The number of hydrogen-bond donors (Lipinski definition) is 1. The Labute approximate surface area is 90.1 Å². The summed E-state index contributed by atoms with van der Waals surface area (Å²) in [5.74, 6) is -0.807. The van der Waals surface area contributed by atoms with Crippen molar-refractivity contribution in [3.63, 3.8) is 0 Å². The van der Waals surface area contributed by atoms with Crippen molar-refractivity contribution in [2.24, 2.45) is 0 Å². The van der Waals surface area contributed by atoms with E-state index in [1.807, 2.05) is 0 Å². The molecule has 0 aromatic rings. The lowest BCUT2D eigenvalue weighted by Gasteiger charge is -2.17. The maximum Gasteiger partial charge on any atom is 0.356 e. The van der Waals surface area contributed by atoms with Crippen LogP contribution in [0.15, 0.2) is 11.4 Å². The summed E-state index contributed by atoms with van der Waals surface area (Å²) in [7, 11) is 3.58. The minimum absolute atomic E-state index is 0.189. The van der Waals surface area contributed by atoms with Crippen molar-refractivity contribution >= 4 is 11.9 Å². The summed E-state index contributed by atoms with van der Waals surface area (Å²) in [4.78, 5) is 24.2. The van der Waals surface area contributed by atoms with Gasteiger partial charge in [-0.15, -0.1) is 0 Å². The lowest BCUT2D eigenvalue weighted by molar-refractivity contribution is -0.140. The number of nitrogens with one attached hydrogen (secondary N) is 1. The summed E-state index contributed by atoms with van der Waals surface area (Å²) in [6.07, 6.45) is 0. The van der Waals surface area contributed by atoms with Gasteiger partial charge in [-0.2, -0.15) is 0 Å². The molecule has 0 aromatic heterocycles. The molecule has 0 aliphatic rings. The second-order valence-electron chi connectivity index (χ2n) is 3.26. The molecule has 0 bridgehead atoms. The molecule has 0 unspecified atom stereocenters. The van der Waals surface area contributed by atoms with Gasteiger partial charge in [-0.1, -0.05) is 0 Å². The Morgan fingerprint density at radius 1 is 1.27 bits per heavy atom. The number of carbonyl (C=O) groups is 2. The van der Waals surface area contributed by atoms with E-state index in [1.165, 1.54) is 6.92 Å². The Morgan fingerprint density at radius 3 is 2.13 bits per heavy atom. The van der Waals surface area contributed by atoms with E-state index in [0.29, 0.717) is 5.70 Å². The van der Waals surface area contributed by atoms with E-state index in [2.05, 4.69) is 5.32 Å². The van der Waals surface area contributed by atoms with Crippen molar-refractivity contribution in [2.75, 3.05) is 20.7 Å². The third kappa shape index (κ3) is 4.49. The van der Waals surface area contributed by atoms with E-state index < -0.39 is 5.97 Å². The van der Waals surface area contributed by atoms with Gasteiger partial charge in [-0.25, -0.2) is 4.79 Å². The number of esters is 1. The molecule has 0 saturated heterocycles. The topological polar surface area (TPSA) is 58.6 Å². The Morgan fingerprint density at radius 2 is 1.80 bits per heavy atom. The fourth-order valence-corrected chi connectivity index (χ4v) is 0.892. The fourth-order valence-electron chi connectivity index (χ4n) is 0.892. The average molecular weight is 214 g/mol. The number of rotatable bonds is 4. The molecule has 0 saturated carbocycles. The summed E-state index contributed by atoms with van der Waals surface area (Å²) in [6, 6.07) is 0. The van der Waals surface area contributed by atoms with Crippen molar-refractivity contribution in [3.05, 3.63) is 11.4 Å². The molecule has 0 rings (SSSR count). The van der Waals surface area contributed by atoms with Gasteiger partial charge in [-0.05, 0) is 13.8 Å². The molecule has 0 atom stereocenters. The van der Waals surface area contributed by atoms with Gasteiger partial charge in [0.05, 0.1) is 6.61 Å². The van der Waals surface area contributed by atoms with E-state index in [-0.39, 0.29) is 18.2 Å². The van der Waals surface area contributed by atoms with Crippen LogP contribution in [0.2, 0.25) is 0 Å². The number of carbonyl (C=O) groups excluding carboxylic acids is 2. The van der Waals surface area contributed by atoms with E-state index in [4.69, 9.17) is 4.74 Å². The first kappa shape index (κ1) is 13.5. The van der Waals surface area contributed by atoms with Crippen LogP contribution >= 0.6 is 0 Å². The number of hydrogen-bond acceptors (Lipinski definition) is 4. The van der Waals surface area contributed by atoms with Crippen molar-refractivity contribution in [1.29, 1.82) is 0 Å². The number of ether oxygens (including phenoxy) is 1. The molecule has 5 nitrogen and oxygen atoms in total. The molecule has 5 heteroatoms. The third-order valence-electron chi connectivity index (χ3n) is 1.81. The van der Waals surface area contributed by atoms with Gasteiger partial charge in [0.1, 0.15) is 5.70 Å². The van der Waals surface area contributed by atoms with Crippen molar-refractivity contribution < 1.29 is 14.3 Å². The van der Waals surface area contributed by atoms with Crippen LogP contribution in [0.4, 0.5) is 0 Å². The van der Waals surface area contributed by atoms with Gasteiger partial charge in [0, 0.05) is 26.7 Å². The summed E-state index contributed by atoms with van der Waals surface area (Å²) < 4.78 is 4.84. The molecular weight excluding hydrogens is 196 g/mol. The summed E-state index contributed by atoms with van der Waals surface area (Å²) in [5.41, 5.74) is 0.845. The van der Waals surface area contributed by atoms with Crippen LogP contribution in [-0.2, 0) is 14.3 Å². The first-order valence-electron chi connectivity index (χ1n) is 4.73. The van der Waals surface area contributed by atoms with E-state index in [9.17, 15) is 9.59 Å². The molecule has 0 aromatic carbocycles. The maximum atomic E-state index is 11.5. The highest BCUT2D eigenvalue weighted by atomic mass is 16.5. The van der Waals surface area contributed by atoms with Gasteiger partial charge >= 0.3 is 5.97 Å². The summed E-state index contributed by atoms with van der Waals surface area (Å²) in [5, 5.41) is 2.47. The van der Waals surface area contributed by atoms with Gasteiger partial charge in [0.25, 0.3) is 0 Å². The molecule has 0 heterocycles. The highest BCUT2D eigenvalue weighted by molar-refractivity contribution is 5.93. The van der Waals surface area contributed by atoms with Crippen LogP contribution < -0.4 is 5.32 Å². The highest BCUT2D eigenvalue weighted by Gasteiger charge is 2.16. The van der Waals surface area contributed by atoms with E-state index in [1.54, 1.807) is 32.8 Å². The van der Waals surface area contributed by atoms with Gasteiger partial charge in [0.2, 0.25) is 5.91 Å². The minimum Gasteiger partial charge on any atom is -0.461 e. The van der Waals surface area contributed by atoms with Gasteiger partial charge < -0.3 is 15.0 Å². The Hall–Kier alpha value is -1.52. The van der Waals surface area contributed by atoms with E-state index >= 15 is 0 Å². The third-order valence-corrected chi connectivity index (χ3v) is 1.81. The second-order valence-corrected chi connectivity index (χ2v) is 3.26. The predicted molar refractivity (Wildman–Crippen MR) is 56.8 cm³/mol. The lowest BCUT2D eigenvalue weighted by atomic mass is 10.3. The summed E-state index contributed by atoms with van der Waals surface area (Å²) >= 11 is 0. The number of nitrogens with zero attached hydrogens (tertiary/aromatic N) is 1. The molecule has 15 heavy (non-hydrogen) atoms. The maximum absolute atomic E-state index is 11.5. The first-order chi connectivity index (χ1) is 6.90. The zero-order valence-electron chi connectivity index (χ0n) is 9.88. The monoisotopic (exact) mass is 214 g/mol. The van der Waals surface area contributed by atoms with Crippen molar-refractivity contribution in [1.82, 2.24) is 10.2 Å². The molecule has 86 valence electrons. The van der Waals surface area contributed by atoms with Crippen LogP contribution in [0.5, 0.6) is 0 Å². The smallest absolute Gasteiger partial charge is 0.356 e. The summed E-state index contributed by atoms with van der Waals surface area (Å²) in [6.45, 7) is 5.08. The van der Waals surface area contributed by atoms with Crippen LogP contribution in [0, 0.1) is 0 Å². The largest absolute Gasteiger partial charge is 0.461 e. The molecular formula is C10H18N2O3. The zero-order valence-corrected chi connectivity index (χ0v) is 9.88. The number of allylic oxidation sites excluding steroid dienone is 1. The lowest BCUT2D eigenvalue weighted by Crippen LogP contribution is -2.30. The quantitative estimate of drug-likeness (QED) is 0.546. The Kier molecular flexibility index (Phi) is 5.44. The number of amides is 1. The predicted octanol–water partition coefficient (Wildman–Crippen LogP) is 0.479. The van der Waals surface area contributed by atoms with Crippen LogP contribution in [-0.4, -0.2) is 37.5 Å². The molecule has 0 fully saturated rings.